The predicted octanol–water partition coefficient (Wildman–Crippen LogP) is 3.28. The van der Waals surface area contributed by atoms with Crippen LogP contribution in [0.4, 0.5) is 0 Å². The molecule has 1 aliphatic carbocycles. The standard InChI is InChI=1S/C13H24N2/c1-2-11-6-7-12(10-11)13(14)15-8-4-3-5-9-15/h11-12,14H,2-10H2,1H3. The number of hydrogen-bond acceptors (Lipinski definition) is 1. The van der Waals surface area contributed by atoms with Gasteiger partial charge in [0.2, 0.25) is 0 Å². The van der Waals surface area contributed by atoms with Crippen LogP contribution < -0.4 is 0 Å². The van der Waals surface area contributed by atoms with Gasteiger partial charge < -0.3 is 4.90 Å². The quantitative estimate of drug-likeness (QED) is 0.547. The second-order valence-corrected chi connectivity index (χ2v) is 5.22. The Bertz CT molecular complexity index is 219. The monoisotopic (exact) mass is 208 g/mol. The summed E-state index contributed by atoms with van der Waals surface area (Å²) in [4.78, 5) is 2.34. The highest BCUT2D eigenvalue weighted by Gasteiger charge is 2.29. The lowest BCUT2D eigenvalue weighted by molar-refractivity contribution is 0.322. The Morgan fingerprint density at radius 1 is 1.20 bits per heavy atom. The highest BCUT2D eigenvalue weighted by atomic mass is 15.2. The van der Waals surface area contributed by atoms with E-state index >= 15 is 0 Å². The van der Waals surface area contributed by atoms with Crippen molar-refractivity contribution in [3.05, 3.63) is 0 Å². The average molecular weight is 208 g/mol. The molecule has 2 heteroatoms. The van der Waals surface area contributed by atoms with Gasteiger partial charge in [-0.1, -0.05) is 13.3 Å². The molecule has 15 heavy (non-hydrogen) atoms. The summed E-state index contributed by atoms with van der Waals surface area (Å²) in [7, 11) is 0. The van der Waals surface area contributed by atoms with E-state index in [4.69, 9.17) is 5.41 Å². The van der Waals surface area contributed by atoms with E-state index in [9.17, 15) is 0 Å². The van der Waals surface area contributed by atoms with Crippen molar-refractivity contribution in [3.63, 3.8) is 0 Å². The van der Waals surface area contributed by atoms with Gasteiger partial charge in [0.25, 0.3) is 0 Å². The van der Waals surface area contributed by atoms with Crippen LogP contribution in [-0.4, -0.2) is 23.8 Å². The Morgan fingerprint density at radius 2 is 1.93 bits per heavy atom. The first-order chi connectivity index (χ1) is 7.31. The lowest BCUT2D eigenvalue weighted by atomic mass is 10.00. The first kappa shape index (κ1) is 11.0. The summed E-state index contributed by atoms with van der Waals surface area (Å²) < 4.78 is 0. The molecule has 2 unspecified atom stereocenters. The van der Waals surface area contributed by atoms with Gasteiger partial charge in [-0.25, -0.2) is 0 Å². The second-order valence-electron chi connectivity index (χ2n) is 5.22. The molecule has 0 radical (unpaired) electrons. The molecule has 0 aromatic carbocycles. The fraction of sp³-hybridized carbons (Fsp3) is 0.923. The number of amidine groups is 1. The van der Waals surface area contributed by atoms with Crippen LogP contribution in [0.2, 0.25) is 0 Å². The molecule has 1 saturated heterocycles. The second kappa shape index (κ2) is 5.00. The molecule has 1 heterocycles. The van der Waals surface area contributed by atoms with Crippen molar-refractivity contribution in [2.75, 3.05) is 13.1 Å². The van der Waals surface area contributed by atoms with E-state index in [1.807, 2.05) is 0 Å². The Hall–Kier alpha value is -0.530. The minimum atomic E-state index is 0.591. The zero-order valence-electron chi connectivity index (χ0n) is 9.97. The summed E-state index contributed by atoms with van der Waals surface area (Å²) in [5.74, 6) is 2.46. The van der Waals surface area contributed by atoms with Gasteiger partial charge in [0.1, 0.15) is 0 Å². The molecular formula is C13H24N2. The largest absolute Gasteiger partial charge is 0.360 e. The van der Waals surface area contributed by atoms with Gasteiger partial charge >= 0.3 is 0 Å². The molecule has 1 saturated carbocycles. The van der Waals surface area contributed by atoms with E-state index in [2.05, 4.69) is 11.8 Å². The first-order valence-corrected chi connectivity index (χ1v) is 6.64. The molecule has 0 aromatic heterocycles. The fourth-order valence-corrected chi connectivity index (χ4v) is 3.09. The summed E-state index contributed by atoms with van der Waals surface area (Å²) in [6.45, 7) is 4.58. The van der Waals surface area contributed by atoms with Gasteiger partial charge in [0.15, 0.2) is 0 Å². The van der Waals surface area contributed by atoms with Crippen LogP contribution in [-0.2, 0) is 0 Å². The predicted molar refractivity (Wildman–Crippen MR) is 64.3 cm³/mol. The summed E-state index contributed by atoms with van der Waals surface area (Å²) >= 11 is 0. The highest BCUT2D eigenvalue weighted by Crippen LogP contribution is 2.34. The smallest absolute Gasteiger partial charge is 0.0989 e. The maximum absolute atomic E-state index is 8.27. The zero-order chi connectivity index (χ0) is 10.7. The maximum Gasteiger partial charge on any atom is 0.0989 e. The average Bonchev–Trinajstić information content (AvgIpc) is 2.78. The van der Waals surface area contributed by atoms with Gasteiger partial charge in [-0.3, -0.25) is 5.41 Å². The van der Waals surface area contributed by atoms with Gasteiger partial charge in [-0.15, -0.1) is 0 Å². The third-order valence-corrected chi connectivity index (χ3v) is 4.20. The van der Waals surface area contributed by atoms with Gasteiger partial charge in [0.05, 0.1) is 5.84 Å². The van der Waals surface area contributed by atoms with E-state index in [0.29, 0.717) is 5.92 Å². The SMILES string of the molecule is CCC1CCC(C(=N)N2CCCCC2)C1. The number of likely N-dealkylation sites (tertiary alicyclic amines) is 1. The number of piperidine rings is 1. The molecule has 1 aliphatic heterocycles. The van der Waals surface area contributed by atoms with Gasteiger partial charge in [-0.05, 0) is 44.4 Å². The molecular weight excluding hydrogens is 184 g/mol. The first-order valence-electron chi connectivity index (χ1n) is 6.64. The Morgan fingerprint density at radius 3 is 2.53 bits per heavy atom. The topological polar surface area (TPSA) is 27.1 Å². The van der Waals surface area contributed by atoms with Crippen LogP contribution in [0.15, 0.2) is 0 Å². The minimum absolute atomic E-state index is 0.591. The molecule has 86 valence electrons. The number of rotatable bonds is 2. The zero-order valence-corrected chi connectivity index (χ0v) is 9.97. The molecule has 2 fully saturated rings. The summed E-state index contributed by atoms with van der Waals surface area (Å²) in [6.07, 6.45) is 9.19. The molecule has 2 atom stereocenters. The van der Waals surface area contributed by atoms with Crippen LogP contribution in [0.1, 0.15) is 51.9 Å². The van der Waals surface area contributed by atoms with Crippen molar-refractivity contribution in [2.45, 2.75) is 51.9 Å². The van der Waals surface area contributed by atoms with Gasteiger partial charge in [0, 0.05) is 19.0 Å². The lowest BCUT2D eigenvalue weighted by Gasteiger charge is -2.31. The molecule has 2 rings (SSSR count). The number of hydrogen-bond donors (Lipinski definition) is 1. The number of nitrogens with zero attached hydrogens (tertiary/aromatic N) is 1. The lowest BCUT2D eigenvalue weighted by Crippen LogP contribution is -2.38. The molecule has 0 bridgehead atoms. The molecule has 0 amide bonds. The van der Waals surface area contributed by atoms with E-state index in [1.165, 1.54) is 44.9 Å². The van der Waals surface area contributed by atoms with Crippen molar-refractivity contribution in [1.29, 1.82) is 5.41 Å². The molecule has 2 aliphatic rings. The highest BCUT2D eigenvalue weighted by molar-refractivity contribution is 5.82. The van der Waals surface area contributed by atoms with E-state index in [0.717, 1.165) is 24.8 Å². The van der Waals surface area contributed by atoms with E-state index in [1.54, 1.807) is 0 Å². The summed E-state index contributed by atoms with van der Waals surface area (Å²) in [5, 5.41) is 8.27. The third-order valence-electron chi connectivity index (χ3n) is 4.20. The van der Waals surface area contributed by atoms with E-state index in [-0.39, 0.29) is 0 Å². The Labute approximate surface area is 93.6 Å². The van der Waals surface area contributed by atoms with Crippen molar-refractivity contribution in [2.24, 2.45) is 11.8 Å². The molecule has 2 nitrogen and oxygen atoms in total. The fourth-order valence-electron chi connectivity index (χ4n) is 3.09. The van der Waals surface area contributed by atoms with E-state index < -0.39 is 0 Å². The minimum Gasteiger partial charge on any atom is -0.360 e. The van der Waals surface area contributed by atoms with Crippen LogP contribution in [0, 0.1) is 17.2 Å². The maximum atomic E-state index is 8.27. The van der Waals surface area contributed by atoms with Crippen molar-refractivity contribution in [3.8, 4) is 0 Å². The summed E-state index contributed by atoms with van der Waals surface area (Å²) in [6, 6.07) is 0. The van der Waals surface area contributed by atoms with Crippen LogP contribution >= 0.6 is 0 Å². The van der Waals surface area contributed by atoms with Crippen LogP contribution in [0.25, 0.3) is 0 Å². The van der Waals surface area contributed by atoms with Crippen LogP contribution in [0.5, 0.6) is 0 Å². The van der Waals surface area contributed by atoms with Crippen molar-refractivity contribution < 1.29 is 0 Å². The third kappa shape index (κ3) is 2.53. The molecule has 1 N–H and O–H groups in total. The Balaban J connectivity index is 1.85. The van der Waals surface area contributed by atoms with Crippen LogP contribution in [0.3, 0.4) is 0 Å². The number of nitrogens with one attached hydrogen (secondary N) is 1. The van der Waals surface area contributed by atoms with Crippen molar-refractivity contribution >= 4 is 5.84 Å². The molecule has 0 spiro atoms. The van der Waals surface area contributed by atoms with Crippen molar-refractivity contribution in [1.82, 2.24) is 4.90 Å². The summed E-state index contributed by atoms with van der Waals surface area (Å²) in [5.41, 5.74) is 0. The Kier molecular flexibility index (Phi) is 3.66. The normalized spacial score (nSPS) is 31.9. The molecule has 0 aromatic rings. The van der Waals surface area contributed by atoms with Gasteiger partial charge in [-0.2, -0.15) is 0 Å².